The summed E-state index contributed by atoms with van der Waals surface area (Å²) >= 11 is 0. The molecule has 1 aromatic heterocycles. The number of fused-ring (bicyclic) bond motifs is 1. The molecule has 0 bridgehead atoms. The van der Waals surface area contributed by atoms with E-state index < -0.39 is 0 Å². The van der Waals surface area contributed by atoms with Crippen molar-refractivity contribution in [3.8, 4) is 0 Å². The molecule has 3 heteroatoms. The third-order valence-electron chi connectivity index (χ3n) is 2.53. The van der Waals surface area contributed by atoms with Crippen molar-refractivity contribution in [1.82, 2.24) is 5.16 Å². The first kappa shape index (κ1) is 10.2. The van der Waals surface area contributed by atoms with Crippen LogP contribution in [0.1, 0.15) is 31.1 Å². The summed E-state index contributed by atoms with van der Waals surface area (Å²) in [5.41, 5.74) is 7.71. The van der Waals surface area contributed by atoms with Gasteiger partial charge in [0.15, 0.2) is 0 Å². The topological polar surface area (TPSA) is 52.0 Å². The average Bonchev–Trinajstić information content (AvgIpc) is 2.61. The van der Waals surface area contributed by atoms with Crippen LogP contribution in [-0.2, 0) is 6.42 Å². The van der Waals surface area contributed by atoms with Crippen LogP contribution in [0.3, 0.4) is 0 Å². The first-order chi connectivity index (χ1) is 7.22. The number of rotatable bonds is 3. The largest absolute Gasteiger partial charge is 0.360 e. The molecule has 80 valence electrons. The second-order valence-electron chi connectivity index (χ2n) is 4.09. The van der Waals surface area contributed by atoms with Crippen molar-refractivity contribution in [3.05, 3.63) is 29.5 Å². The molecule has 0 atom stereocenters. The first-order valence-electron chi connectivity index (χ1n) is 5.30. The highest BCUT2D eigenvalue weighted by Crippen LogP contribution is 2.25. The van der Waals surface area contributed by atoms with Gasteiger partial charge in [-0.3, -0.25) is 0 Å². The van der Waals surface area contributed by atoms with E-state index in [9.17, 15) is 0 Å². The summed E-state index contributed by atoms with van der Waals surface area (Å²) in [6, 6.07) is 6.19. The molecule has 0 aliphatic heterocycles. The second-order valence-corrected chi connectivity index (χ2v) is 4.09. The zero-order chi connectivity index (χ0) is 10.8. The summed E-state index contributed by atoms with van der Waals surface area (Å²) < 4.78 is 5.33. The maximum Gasteiger partial charge on any atom is 0.147 e. The van der Waals surface area contributed by atoms with E-state index in [1.165, 1.54) is 5.56 Å². The fourth-order valence-corrected chi connectivity index (χ4v) is 1.75. The molecule has 2 aromatic rings. The van der Waals surface area contributed by atoms with E-state index in [1.807, 2.05) is 6.07 Å². The molecule has 0 fully saturated rings. The van der Waals surface area contributed by atoms with Crippen molar-refractivity contribution in [2.24, 2.45) is 5.73 Å². The number of hydrogen-bond acceptors (Lipinski definition) is 3. The first-order valence-corrected chi connectivity index (χ1v) is 5.30. The molecule has 2 rings (SSSR count). The van der Waals surface area contributed by atoms with Gasteiger partial charge in [0.05, 0.1) is 0 Å². The third kappa shape index (κ3) is 1.88. The summed E-state index contributed by atoms with van der Waals surface area (Å²) in [5, 5.41) is 5.16. The fraction of sp³-hybridized carbons (Fsp3) is 0.417. The summed E-state index contributed by atoms with van der Waals surface area (Å²) in [6.45, 7) is 4.89. The molecular weight excluding hydrogens is 188 g/mol. The van der Waals surface area contributed by atoms with E-state index in [4.69, 9.17) is 10.3 Å². The fourth-order valence-electron chi connectivity index (χ4n) is 1.75. The molecule has 0 amide bonds. The predicted molar refractivity (Wildman–Crippen MR) is 60.9 cm³/mol. The highest BCUT2D eigenvalue weighted by molar-refractivity contribution is 5.81. The molecule has 0 spiro atoms. The summed E-state index contributed by atoms with van der Waals surface area (Å²) in [6.07, 6.45) is 0.901. The molecule has 0 aliphatic rings. The Balaban J connectivity index is 2.51. The van der Waals surface area contributed by atoms with Gasteiger partial charge in [-0.25, -0.2) is 0 Å². The molecule has 0 radical (unpaired) electrons. The minimum atomic E-state index is 0.364. The quantitative estimate of drug-likeness (QED) is 0.835. The highest BCUT2D eigenvalue weighted by Gasteiger charge is 2.11. The minimum Gasteiger partial charge on any atom is -0.360 e. The number of benzene rings is 1. The average molecular weight is 204 g/mol. The SMILES string of the molecule is CC(C)c1onc2ccc(CCN)cc12. The van der Waals surface area contributed by atoms with Crippen LogP contribution in [0, 0.1) is 0 Å². The minimum absolute atomic E-state index is 0.364. The molecule has 3 nitrogen and oxygen atoms in total. The Morgan fingerprint density at radius 2 is 2.20 bits per heavy atom. The standard InChI is InChI=1S/C12H16N2O/c1-8(2)12-10-7-9(5-6-13)3-4-11(10)14-15-12/h3-4,7-8H,5-6,13H2,1-2H3. The molecule has 2 N–H and O–H groups in total. The monoisotopic (exact) mass is 204 g/mol. The van der Waals surface area contributed by atoms with Crippen LogP contribution >= 0.6 is 0 Å². The van der Waals surface area contributed by atoms with Gasteiger partial charge in [-0.05, 0) is 30.7 Å². The van der Waals surface area contributed by atoms with Gasteiger partial charge in [-0.1, -0.05) is 25.1 Å². The Morgan fingerprint density at radius 1 is 1.40 bits per heavy atom. The van der Waals surface area contributed by atoms with Crippen molar-refractivity contribution < 1.29 is 4.52 Å². The van der Waals surface area contributed by atoms with Gasteiger partial charge in [0.2, 0.25) is 0 Å². The molecule has 15 heavy (non-hydrogen) atoms. The molecule has 0 saturated heterocycles. The lowest BCUT2D eigenvalue weighted by Crippen LogP contribution is -2.02. The van der Waals surface area contributed by atoms with Crippen LogP contribution in [0.15, 0.2) is 22.7 Å². The van der Waals surface area contributed by atoms with Gasteiger partial charge < -0.3 is 10.3 Å². The zero-order valence-electron chi connectivity index (χ0n) is 9.16. The van der Waals surface area contributed by atoms with Gasteiger partial charge in [0.25, 0.3) is 0 Å². The van der Waals surface area contributed by atoms with Crippen molar-refractivity contribution in [2.45, 2.75) is 26.2 Å². The Labute approximate surface area is 89.2 Å². The van der Waals surface area contributed by atoms with Crippen molar-refractivity contribution in [2.75, 3.05) is 6.54 Å². The van der Waals surface area contributed by atoms with Crippen LogP contribution in [0.2, 0.25) is 0 Å². The maximum atomic E-state index is 5.54. The smallest absolute Gasteiger partial charge is 0.147 e. The molecule has 0 unspecified atom stereocenters. The Hall–Kier alpha value is -1.35. The number of nitrogens with two attached hydrogens (primary N) is 1. The lowest BCUT2D eigenvalue weighted by molar-refractivity contribution is 0.378. The van der Waals surface area contributed by atoms with Gasteiger partial charge in [0.1, 0.15) is 11.3 Å². The Morgan fingerprint density at radius 3 is 2.87 bits per heavy atom. The van der Waals surface area contributed by atoms with E-state index >= 15 is 0 Å². The molecular formula is C12H16N2O. The van der Waals surface area contributed by atoms with Crippen LogP contribution < -0.4 is 5.73 Å². The summed E-state index contributed by atoms with van der Waals surface area (Å²) in [7, 11) is 0. The molecule has 1 aromatic carbocycles. The van der Waals surface area contributed by atoms with Crippen LogP contribution in [0.5, 0.6) is 0 Å². The number of nitrogens with zero attached hydrogens (tertiary/aromatic N) is 1. The summed E-state index contributed by atoms with van der Waals surface area (Å²) in [4.78, 5) is 0. The Kier molecular flexibility index (Phi) is 2.73. The Bertz CT molecular complexity index is 460. The lowest BCUT2D eigenvalue weighted by Gasteiger charge is -2.01. The third-order valence-corrected chi connectivity index (χ3v) is 2.53. The van der Waals surface area contributed by atoms with Crippen molar-refractivity contribution in [1.29, 1.82) is 0 Å². The molecule has 1 heterocycles. The van der Waals surface area contributed by atoms with Crippen LogP contribution in [-0.4, -0.2) is 11.7 Å². The highest BCUT2D eigenvalue weighted by atomic mass is 16.5. The van der Waals surface area contributed by atoms with Gasteiger partial charge >= 0.3 is 0 Å². The van der Waals surface area contributed by atoms with Crippen LogP contribution in [0.4, 0.5) is 0 Å². The zero-order valence-corrected chi connectivity index (χ0v) is 9.16. The van der Waals surface area contributed by atoms with Crippen molar-refractivity contribution >= 4 is 10.9 Å². The van der Waals surface area contributed by atoms with Crippen LogP contribution in [0.25, 0.3) is 10.9 Å². The van der Waals surface area contributed by atoms with E-state index in [2.05, 4.69) is 31.1 Å². The number of hydrogen-bond donors (Lipinski definition) is 1. The maximum absolute atomic E-state index is 5.54. The van der Waals surface area contributed by atoms with E-state index in [1.54, 1.807) is 0 Å². The summed E-state index contributed by atoms with van der Waals surface area (Å²) in [5.74, 6) is 1.33. The normalized spacial score (nSPS) is 11.5. The van der Waals surface area contributed by atoms with E-state index in [0.29, 0.717) is 12.5 Å². The van der Waals surface area contributed by atoms with E-state index in [-0.39, 0.29) is 0 Å². The lowest BCUT2D eigenvalue weighted by atomic mass is 10.0. The van der Waals surface area contributed by atoms with E-state index in [0.717, 1.165) is 23.1 Å². The molecule has 0 saturated carbocycles. The predicted octanol–water partition coefficient (Wildman–Crippen LogP) is 2.45. The van der Waals surface area contributed by atoms with Crippen molar-refractivity contribution in [3.63, 3.8) is 0 Å². The van der Waals surface area contributed by atoms with Gasteiger partial charge in [0, 0.05) is 11.3 Å². The van der Waals surface area contributed by atoms with Gasteiger partial charge in [-0.2, -0.15) is 0 Å². The second kappa shape index (κ2) is 4.03. The molecule has 0 aliphatic carbocycles. The van der Waals surface area contributed by atoms with Gasteiger partial charge in [-0.15, -0.1) is 0 Å². The number of aromatic nitrogens is 1.